The van der Waals surface area contributed by atoms with Gasteiger partial charge >= 0.3 is 0 Å². The Balaban J connectivity index is 1.67. The quantitative estimate of drug-likeness (QED) is 0.686. The van der Waals surface area contributed by atoms with E-state index in [9.17, 15) is 4.79 Å². The van der Waals surface area contributed by atoms with Crippen molar-refractivity contribution in [3.05, 3.63) is 71.3 Å². The number of benzene rings is 2. The van der Waals surface area contributed by atoms with Crippen LogP contribution in [0, 0.1) is 6.92 Å². The van der Waals surface area contributed by atoms with Crippen molar-refractivity contribution < 1.29 is 9.53 Å². The standard InChI is InChI=1S/C22H29NO2/c1-18-10-7-8-13-20(18)16-22(2,3)23-21(24)14-9-15-25-17-19-11-5-4-6-12-19/h4-8,10-13H,9,14-17H2,1-3H3,(H,23,24). The van der Waals surface area contributed by atoms with E-state index in [1.807, 2.05) is 42.5 Å². The second-order valence-corrected chi connectivity index (χ2v) is 7.18. The van der Waals surface area contributed by atoms with Gasteiger partial charge in [0.1, 0.15) is 0 Å². The first kappa shape index (κ1) is 19.2. The van der Waals surface area contributed by atoms with Gasteiger partial charge in [0.2, 0.25) is 5.91 Å². The fraction of sp³-hybridized carbons (Fsp3) is 0.409. The molecule has 0 heterocycles. The average molecular weight is 339 g/mol. The molecule has 0 saturated carbocycles. The number of nitrogens with one attached hydrogen (secondary N) is 1. The zero-order valence-corrected chi connectivity index (χ0v) is 15.5. The van der Waals surface area contributed by atoms with Crippen LogP contribution in [0.2, 0.25) is 0 Å². The Morgan fingerprint density at radius 2 is 1.72 bits per heavy atom. The highest BCUT2D eigenvalue weighted by molar-refractivity contribution is 5.76. The van der Waals surface area contributed by atoms with Gasteiger partial charge in [-0.1, -0.05) is 54.6 Å². The highest BCUT2D eigenvalue weighted by Gasteiger charge is 2.21. The van der Waals surface area contributed by atoms with Crippen LogP contribution in [0.25, 0.3) is 0 Å². The van der Waals surface area contributed by atoms with Crippen molar-refractivity contribution in [1.29, 1.82) is 0 Å². The van der Waals surface area contributed by atoms with Gasteiger partial charge in [0.05, 0.1) is 6.61 Å². The molecule has 2 rings (SSSR count). The third-order valence-corrected chi connectivity index (χ3v) is 4.18. The second-order valence-electron chi connectivity index (χ2n) is 7.18. The molecule has 0 fully saturated rings. The SMILES string of the molecule is Cc1ccccc1CC(C)(C)NC(=O)CCCOCc1ccccc1. The normalized spacial score (nSPS) is 11.3. The van der Waals surface area contributed by atoms with E-state index in [1.165, 1.54) is 11.1 Å². The lowest BCUT2D eigenvalue weighted by atomic mass is 9.92. The molecule has 2 aromatic rings. The van der Waals surface area contributed by atoms with Gasteiger partial charge in [-0.3, -0.25) is 4.79 Å². The van der Waals surface area contributed by atoms with E-state index < -0.39 is 0 Å². The third kappa shape index (κ3) is 7.10. The summed E-state index contributed by atoms with van der Waals surface area (Å²) in [5.74, 6) is 0.0851. The molecule has 0 radical (unpaired) electrons. The van der Waals surface area contributed by atoms with Crippen molar-refractivity contribution in [3.8, 4) is 0 Å². The minimum Gasteiger partial charge on any atom is -0.377 e. The fourth-order valence-corrected chi connectivity index (χ4v) is 2.87. The molecule has 3 heteroatoms. The molecule has 0 aliphatic heterocycles. The van der Waals surface area contributed by atoms with Crippen LogP contribution in [0.3, 0.4) is 0 Å². The van der Waals surface area contributed by atoms with E-state index in [4.69, 9.17) is 4.74 Å². The molecule has 3 nitrogen and oxygen atoms in total. The van der Waals surface area contributed by atoms with E-state index in [2.05, 4.69) is 38.2 Å². The lowest BCUT2D eigenvalue weighted by Gasteiger charge is -2.27. The van der Waals surface area contributed by atoms with Crippen LogP contribution < -0.4 is 5.32 Å². The Morgan fingerprint density at radius 3 is 2.44 bits per heavy atom. The molecule has 134 valence electrons. The van der Waals surface area contributed by atoms with E-state index in [-0.39, 0.29) is 11.4 Å². The molecule has 0 aromatic heterocycles. The van der Waals surface area contributed by atoms with Crippen LogP contribution in [0.1, 0.15) is 43.4 Å². The summed E-state index contributed by atoms with van der Waals surface area (Å²) in [5, 5.41) is 3.15. The predicted octanol–water partition coefficient (Wildman–Crippen LogP) is 4.43. The molecule has 0 saturated heterocycles. The molecule has 25 heavy (non-hydrogen) atoms. The number of carbonyl (C=O) groups is 1. The van der Waals surface area contributed by atoms with Crippen LogP contribution in [-0.2, 0) is 22.6 Å². The Bertz CT molecular complexity index is 665. The highest BCUT2D eigenvalue weighted by atomic mass is 16.5. The summed E-state index contributed by atoms with van der Waals surface area (Å²) in [6.07, 6.45) is 2.06. The molecule has 0 spiro atoms. The largest absolute Gasteiger partial charge is 0.377 e. The maximum atomic E-state index is 12.2. The van der Waals surface area contributed by atoms with Gasteiger partial charge in [0.25, 0.3) is 0 Å². The fourth-order valence-electron chi connectivity index (χ4n) is 2.87. The number of rotatable bonds is 9. The van der Waals surface area contributed by atoms with Gasteiger partial charge in [0.15, 0.2) is 0 Å². The van der Waals surface area contributed by atoms with E-state index in [0.717, 1.165) is 18.4 Å². The minimum absolute atomic E-state index is 0.0851. The van der Waals surface area contributed by atoms with Crippen molar-refractivity contribution in [1.82, 2.24) is 5.32 Å². The van der Waals surface area contributed by atoms with Crippen molar-refractivity contribution in [2.45, 2.75) is 52.2 Å². The second kappa shape index (κ2) is 9.38. The smallest absolute Gasteiger partial charge is 0.220 e. The van der Waals surface area contributed by atoms with Crippen LogP contribution in [0.15, 0.2) is 54.6 Å². The maximum absolute atomic E-state index is 12.2. The molecule has 0 unspecified atom stereocenters. The molecule has 0 aliphatic carbocycles. The molecular weight excluding hydrogens is 310 g/mol. The lowest BCUT2D eigenvalue weighted by molar-refractivity contribution is -0.123. The van der Waals surface area contributed by atoms with Crippen molar-refractivity contribution in [2.24, 2.45) is 0 Å². The maximum Gasteiger partial charge on any atom is 0.220 e. The number of carbonyl (C=O) groups excluding carboxylic acids is 1. The van der Waals surface area contributed by atoms with Gasteiger partial charge in [-0.05, 0) is 50.3 Å². The first-order valence-electron chi connectivity index (χ1n) is 8.93. The van der Waals surface area contributed by atoms with E-state index >= 15 is 0 Å². The van der Waals surface area contributed by atoms with Crippen molar-refractivity contribution >= 4 is 5.91 Å². The summed E-state index contributed by atoms with van der Waals surface area (Å²) < 4.78 is 5.63. The molecule has 0 atom stereocenters. The number of aryl methyl sites for hydroxylation is 1. The van der Waals surface area contributed by atoms with Crippen LogP contribution in [0.4, 0.5) is 0 Å². The number of amides is 1. The molecule has 1 amide bonds. The lowest BCUT2D eigenvalue weighted by Crippen LogP contribution is -2.45. The first-order valence-corrected chi connectivity index (χ1v) is 8.93. The summed E-state index contributed by atoms with van der Waals surface area (Å²) in [7, 11) is 0. The molecule has 1 N–H and O–H groups in total. The Labute approximate surface area is 151 Å². The monoisotopic (exact) mass is 339 g/mol. The summed E-state index contributed by atoms with van der Waals surface area (Å²) in [6.45, 7) is 7.45. The van der Waals surface area contributed by atoms with Gasteiger partial charge in [0, 0.05) is 18.6 Å². The molecular formula is C22H29NO2. The van der Waals surface area contributed by atoms with Gasteiger partial charge in [-0.2, -0.15) is 0 Å². The zero-order valence-electron chi connectivity index (χ0n) is 15.5. The summed E-state index contributed by atoms with van der Waals surface area (Å²) in [6, 6.07) is 18.4. The van der Waals surface area contributed by atoms with Crippen LogP contribution in [-0.4, -0.2) is 18.1 Å². The minimum atomic E-state index is -0.256. The summed E-state index contributed by atoms with van der Waals surface area (Å²) in [5.41, 5.74) is 3.44. The average Bonchev–Trinajstić information content (AvgIpc) is 2.57. The molecule has 2 aromatic carbocycles. The zero-order chi connectivity index (χ0) is 18.1. The van der Waals surface area contributed by atoms with Crippen LogP contribution >= 0.6 is 0 Å². The van der Waals surface area contributed by atoms with E-state index in [0.29, 0.717) is 19.6 Å². The van der Waals surface area contributed by atoms with Crippen LogP contribution in [0.5, 0.6) is 0 Å². The topological polar surface area (TPSA) is 38.3 Å². The molecule has 0 bridgehead atoms. The Hall–Kier alpha value is -2.13. The molecule has 0 aliphatic rings. The van der Waals surface area contributed by atoms with Crippen molar-refractivity contribution in [3.63, 3.8) is 0 Å². The van der Waals surface area contributed by atoms with Gasteiger partial charge in [-0.15, -0.1) is 0 Å². The number of ether oxygens (including phenoxy) is 1. The van der Waals surface area contributed by atoms with E-state index in [1.54, 1.807) is 0 Å². The Kier molecular flexibility index (Phi) is 7.20. The van der Waals surface area contributed by atoms with Crippen molar-refractivity contribution in [2.75, 3.05) is 6.61 Å². The predicted molar refractivity (Wildman–Crippen MR) is 102 cm³/mol. The number of hydrogen-bond acceptors (Lipinski definition) is 2. The Morgan fingerprint density at radius 1 is 1.04 bits per heavy atom. The third-order valence-electron chi connectivity index (χ3n) is 4.18. The number of hydrogen-bond donors (Lipinski definition) is 1. The summed E-state index contributed by atoms with van der Waals surface area (Å²) in [4.78, 5) is 12.2. The van der Waals surface area contributed by atoms with Gasteiger partial charge in [-0.25, -0.2) is 0 Å². The van der Waals surface area contributed by atoms with Gasteiger partial charge < -0.3 is 10.1 Å². The summed E-state index contributed by atoms with van der Waals surface area (Å²) >= 11 is 0. The first-order chi connectivity index (χ1) is 12.0. The highest BCUT2D eigenvalue weighted by Crippen LogP contribution is 2.16.